The monoisotopic (exact) mass is 214 g/mol. The van der Waals surface area contributed by atoms with E-state index in [9.17, 15) is 5.11 Å². The molecule has 0 saturated heterocycles. The van der Waals surface area contributed by atoms with E-state index in [2.05, 4.69) is 29.6 Å². The van der Waals surface area contributed by atoms with Crippen molar-refractivity contribution in [2.45, 2.75) is 45.3 Å². The van der Waals surface area contributed by atoms with Gasteiger partial charge < -0.3 is 10.8 Å². The Hall–Kier alpha value is -1.26. The number of carbonyl (C=O) groups is 1. The van der Waals surface area contributed by atoms with Crippen molar-refractivity contribution in [1.29, 1.82) is 0 Å². The van der Waals surface area contributed by atoms with Crippen LogP contribution >= 0.6 is 0 Å². The van der Waals surface area contributed by atoms with Crippen LogP contribution in [0.4, 0.5) is 0 Å². The smallest absolute Gasteiger partial charge is 0.204 e. The van der Waals surface area contributed by atoms with E-state index in [1.54, 1.807) is 0 Å². The van der Waals surface area contributed by atoms with Crippen LogP contribution in [0.2, 0.25) is 0 Å². The van der Waals surface area contributed by atoms with Crippen molar-refractivity contribution in [2.24, 2.45) is 16.3 Å². The van der Waals surface area contributed by atoms with E-state index in [1.165, 1.54) is 0 Å². The number of carbonyl (C=O) groups excluding carboxylic acids is 1. The number of rotatable bonds is 1. The van der Waals surface area contributed by atoms with Crippen molar-refractivity contribution in [1.82, 2.24) is 0 Å². The molecule has 1 saturated carbocycles. The summed E-state index contributed by atoms with van der Waals surface area (Å²) in [7, 11) is 0. The predicted molar refractivity (Wildman–Crippen MR) is 56.8 cm³/mol. The average Bonchev–Trinajstić information content (AvgIpc) is 2.11. The number of hydrogen-bond acceptors (Lipinski definition) is 3. The number of azide groups is 1. The lowest BCUT2D eigenvalue weighted by Gasteiger charge is -2.36. The van der Waals surface area contributed by atoms with Gasteiger partial charge >= 0.3 is 0 Å². The minimum atomic E-state index is -0.454. The molecular formula is C9H18N4O2. The van der Waals surface area contributed by atoms with Crippen molar-refractivity contribution < 1.29 is 9.90 Å². The number of aliphatic hydroxyl groups excluding tert-OH is 1. The molecule has 2 atom stereocenters. The second kappa shape index (κ2) is 6.27. The first kappa shape index (κ1) is 13.7. The first-order chi connectivity index (χ1) is 6.96. The zero-order valence-electron chi connectivity index (χ0n) is 9.13. The van der Waals surface area contributed by atoms with Gasteiger partial charge in [-0.25, -0.2) is 0 Å². The Kier molecular flexibility index (Phi) is 5.74. The molecule has 0 bridgehead atoms. The molecule has 0 heterocycles. The van der Waals surface area contributed by atoms with E-state index in [1.807, 2.05) is 0 Å². The lowest BCUT2D eigenvalue weighted by atomic mass is 9.74. The maximum absolute atomic E-state index is 9.57. The van der Waals surface area contributed by atoms with Crippen molar-refractivity contribution in [3.8, 4) is 0 Å². The fourth-order valence-electron chi connectivity index (χ4n) is 1.74. The van der Waals surface area contributed by atoms with Crippen LogP contribution in [-0.4, -0.2) is 23.7 Å². The Bertz CT molecular complexity index is 248. The molecule has 1 aliphatic carbocycles. The highest BCUT2D eigenvalue weighted by atomic mass is 16.3. The Morgan fingerprint density at radius 2 is 2.20 bits per heavy atom. The number of aliphatic hydroxyl groups is 1. The maximum atomic E-state index is 9.57. The van der Waals surface area contributed by atoms with Gasteiger partial charge in [0.15, 0.2) is 0 Å². The minimum Gasteiger partial charge on any atom is -0.393 e. The zero-order valence-corrected chi connectivity index (χ0v) is 9.13. The molecular weight excluding hydrogens is 196 g/mol. The van der Waals surface area contributed by atoms with Crippen molar-refractivity contribution in [2.75, 3.05) is 0 Å². The van der Waals surface area contributed by atoms with E-state index in [0.29, 0.717) is 0 Å². The van der Waals surface area contributed by atoms with E-state index in [4.69, 9.17) is 10.3 Å². The van der Waals surface area contributed by atoms with Crippen LogP contribution in [0, 0.1) is 5.41 Å². The van der Waals surface area contributed by atoms with E-state index >= 15 is 0 Å². The molecule has 15 heavy (non-hydrogen) atoms. The fourth-order valence-corrected chi connectivity index (χ4v) is 1.74. The summed E-state index contributed by atoms with van der Waals surface area (Å²) in [4.78, 5) is 11.3. The first-order valence-electron chi connectivity index (χ1n) is 4.84. The Morgan fingerprint density at radius 3 is 2.60 bits per heavy atom. The van der Waals surface area contributed by atoms with Gasteiger partial charge in [0.2, 0.25) is 6.41 Å². The van der Waals surface area contributed by atoms with Gasteiger partial charge in [-0.1, -0.05) is 19.0 Å². The molecule has 1 amide bonds. The number of nitrogens with zero attached hydrogens (tertiary/aromatic N) is 3. The summed E-state index contributed by atoms with van der Waals surface area (Å²) in [6.07, 6.45) is 2.35. The first-order valence-corrected chi connectivity index (χ1v) is 4.84. The van der Waals surface area contributed by atoms with Gasteiger partial charge in [0.1, 0.15) is 0 Å². The van der Waals surface area contributed by atoms with Crippen LogP contribution in [-0.2, 0) is 4.79 Å². The minimum absolute atomic E-state index is 0.195. The quantitative estimate of drug-likeness (QED) is 0.297. The Labute approximate surface area is 89.1 Å². The van der Waals surface area contributed by atoms with E-state index < -0.39 is 6.10 Å². The number of amides is 1. The summed E-state index contributed by atoms with van der Waals surface area (Å²) in [5, 5.41) is 13.1. The third-order valence-corrected chi connectivity index (χ3v) is 2.52. The molecule has 1 fully saturated rings. The maximum Gasteiger partial charge on any atom is 0.204 e. The second-order valence-corrected chi connectivity index (χ2v) is 4.38. The SMILES string of the molecule is CC1(C)CCC(N=[N+]=[N-])C(O)C1.NC=O. The zero-order chi connectivity index (χ0) is 11.9. The van der Waals surface area contributed by atoms with Crippen LogP contribution in [0.1, 0.15) is 33.1 Å². The fraction of sp³-hybridized carbons (Fsp3) is 0.889. The lowest BCUT2D eigenvalue weighted by molar-refractivity contribution is -0.106. The molecule has 0 spiro atoms. The topological polar surface area (TPSA) is 112 Å². The standard InChI is InChI=1S/C8H15N3O.CH3NO/c1-8(2)4-3-6(10-11-9)7(12)5-8;2-1-3/h6-7,12H,3-5H2,1-2H3;1H,(H2,2,3). The molecule has 1 rings (SSSR count). The molecule has 0 aliphatic heterocycles. The van der Waals surface area contributed by atoms with Gasteiger partial charge in [-0.15, -0.1) is 0 Å². The van der Waals surface area contributed by atoms with Crippen LogP contribution in [0.5, 0.6) is 0 Å². The lowest BCUT2D eigenvalue weighted by Crippen LogP contribution is -2.36. The molecule has 6 heteroatoms. The van der Waals surface area contributed by atoms with Crippen LogP contribution in [0.3, 0.4) is 0 Å². The normalized spacial score (nSPS) is 27.9. The molecule has 6 nitrogen and oxygen atoms in total. The third kappa shape index (κ3) is 5.24. The van der Waals surface area contributed by atoms with E-state index in [0.717, 1.165) is 19.3 Å². The van der Waals surface area contributed by atoms with Gasteiger partial charge in [-0.3, -0.25) is 4.79 Å². The Morgan fingerprint density at radius 1 is 1.67 bits per heavy atom. The summed E-state index contributed by atoms with van der Waals surface area (Å²) in [6, 6.07) is -0.206. The average molecular weight is 214 g/mol. The molecule has 3 N–H and O–H groups in total. The van der Waals surface area contributed by atoms with Gasteiger partial charge in [0.25, 0.3) is 0 Å². The number of hydrogen-bond donors (Lipinski definition) is 2. The van der Waals surface area contributed by atoms with Crippen molar-refractivity contribution in [3.63, 3.8) is 0 Å². The largest absolute Gasteiger partial charge is 0.393 e. The number of nitrogens with two attached hydrogens (primary N) is 1. The predicted octanol–water partition coefficient (Wildman–Crippen LogP) is 1.34. The summed E-state index contributed by atoms with van der Waals surface area (Å²) < 4.78 is 0. The van der Waals surface area contributed by atoms with Crippen LogP contribution in [0.25, 0.3) is 10.4 Å². The molecule has 86 valence electrons. The number of primary amides is 1. The van der Waals surface area contributed by atoms with Crippen molar-refractivity contribution >= 4 is 6.41 Å². The summed E-state index contributed by atoms with van der Waals surface area (Å²) in [5.74, 6) is 0. The molecule has 0 aromatic heterocycles. The Balaban J connectivity index is 0.000000583. The van der Waals surface area contributed by atoms with E-state index in [-0.39, 0.29) is 17.9 Å². The highest BCUT2D eigenvalue weighted by molar-refractivity contribution is 5.42. The molecule has 1 aliphatic rings. The third-order valence-electron chi connectivity index (χ3n) is 2.52. The van der Waals surface area contributed by atoms with Gasteiger partial charge in [-0.05, 0) is 30.2 Å². The summed E-state index contributed by atoms with van der Waals surface area (Å²) in [6.45, 7) is 4.26. The highest BCUT2D eigenvalue weighted by Gasteiger charge is 2.32. The molecule has 0 aromatic rings. The molecule has 0 aromatic carbocycles. The van der Waals surface area contributed by atoms with Gasteiger partial charge in [0.05, 0.1) is 12.1 Å². The highest BCUT2D eigenvalue weighted by Crippen LogP contribution is 2.36. The summed E-state index contributed by atoms with van der Waals surface area (Å²) >= 11 is 0. The summed E-state index contributed by atoms with van der Waals surface area (Å²) in [5.41, 5.74) is 12.6. The van der Waals surface area contributed by atoms with Crippen LogP contribution < -0.4 is 5.73 Å². The van der Waals surface area contributed by atoms with Gasteiger partial charge in [0, 0.05) is 4.91 Å². The van der Waals surface area contributed by atoms with Gasteiger partial charge in [-0.2, -0.15) is 0 Å². The van der Waals surface area contributed by atoms with Crippen molar-refractivity contribution in [3.05, 3.63) is 10.4 Å². The molecule has 0 radical (unpaired) electrons. The molecule has 2 unspecified atom stereocenters. The second-order valence-electron chi connectivity index (χ2n) is 4.38. The van der Waals surface area contributed by atoms with Crippen LogP contribution in [0.15, 0.2) is 5.11 Å².